The molecule has 2 aromatic rings. The van der Waals surface area contributed by atoms with Crippen molar-refractivity contribution in [2.45, 2.75) is 17.0 Å². The third-order valence-electron chi connectivity index (χ3n) is 2.49. The number of rotatable bonds is 3. The largest absolute Gasteiger partial charge is 0.417 e. The lowest BCUT2D eigenvalue weighted by molar-refractivity contribution is -0.137. The molecule has 0 N–H and O–H groups in total. The van der Waals surface area contributed by atoms with Gasteiger partial charge in [0.25, 0.3) is 0 Å². The van der Waals surface area contributed by atoms with Crippen molar-refractivity contribution >= 4 is 22.4 Å². The first kappa shape index (κ1) is 15.0. The van der Waals surface area contributed by atoms with Crippen LogP contribution in [0.25, 0.3) is 0 Å². The summed E-state index contributed by atoms with van der Waals surface area (Å²) in [7, 11) is -1.59. The molecule has 1 unspecified atom stereocenters. The summed E-state index contributed by atoms with van der Waals surface area (Å²) < 4.78 is 49.5. The van der Waals surface area contributed by atoms with Crippen molar-refractivity contribution in [3.63, 3.8) is 0 Å². The predicted octanol–water partition coefficient (Wildman–Crippen LogP) is 4.06. The molecule has 7 heteroatoms. The second-order valence-corrected chi connectivity index (χ2v) is 5.76. The van der Waals surface area contributed by atoms with E-state index in [9.17, 15) is 17.4 Å². The van der Waals surface area contributed by atoms with Crippen molar-refractivity contribution in [2.75, 3.05) is 0 Å². The van der Waals surface area contributed by atoms with Crippen LogP contribution in [0.4, 0.5) is 13.2 Å². The lowest BCUT2D eigenvalue weighted by atomic mass is 10.2. The van der Waals surface area contributed by atoms with Crippen molar-refractivity contribution in [2.24, 2.45) is 0 Å². The average molecular weight is 320 g/mol. The van der Waals surface area contributed by atoms with E-state index in [0.717, 1.165) is 11.6 Å². The summed E-state index contributed by atoms with van der Waals surface area (Å²) in [5.74, 6) is 0.152. The van der Waals surface area contributed by atoms with Crippen LogP contribution in [0.1, 0.15) is 11.1 Å². The van der Waals surface area contributed by atoms with E-state index in [-0.39, 0.29) is 15.8 Å². The Labute approximate surface area is 121 Å². The maximum absolute atomic E-state index is 12.5. The minimum Gasteiger partial charge on any atom is -0.252 e. The Morgan fingerprint density at radius 1 is 1.20 bits per heavy atom. The Kier molecular flexibility index (Phi) is 4.45. The van der Waals surface area contributed by atoms with Crippen molar-refractivity contribution in [3.8, 4) is 0 Å². The van der Waals surface area contributed by atoms with Gasteiger partial charge in [-0.3, -0.25) is 4.21 Å². The number of halogens is 4. The minimum atomic E-state index is -4.52. The summed E-state index contributed by atoms with van der Waals surface area (Å²) >= 11 is 5.74. The van der Waals surface area contributed by atoms with E-state index in [1.165, 1.54) is 0 Å². The average Bonchev–Trinajstić information content (AvgIpc) is 2.38. The summed E-state index contributed by atoms with van der Waals surface area (Å²) in [6.45, 7) is 0. The summed E-state index contributed by atoms with van der Waals surface area (Å²) in [4.78, 5) is 3.59. The molecular weight excluding hydrogens is 311 g/mol. The standard InChI is InChI=1S/C13H9ClF3NOS/c14-11-6-10(13(15,16)17)7-18-12(11)20(19)8-9-4-2-1-3-5-9/h1-7H,8H2. The van der Waals surface area contributed by atoms with E-state index in [2.05, 4.69) is 4.98 Å². The van der Waals surface area contributed by atoms with Crippen molar-refractivity contribution in [1.29, 1.82) is 0 Å². The first-order valence-corrected chi connectivity index (χ1v) is 7.22. The number of benzene rings is 1. The normalized spacial score (nSPS) is 13.2. The maximum Gasteiger partial charge on any atom is 0.417 e. The molecule has 20 heavy (non-hydrogen) atoms. The van der Waals surface area contributed by atoms with Crippen LogP contribution in [-0.4, -0.2) is 9.19 Å². The molecule has 106 valence electrons. The molecule has 2 nitrogen and oxygen atoms in total. The van der Waals surface area contributed by atoms with Crippen LogP contribution >= 0.6 is 11.6 Å². The summed E-state index contributed by atoms with van der Waals surface area (Å²) in [6.07, 6.45) is -3.87. The van der Waals surface area contributed by atoms with Gasteiger partial charge < -0.3 is 0 Å². The zero-order chi connectivity index (χ0) is 14.8. The number of hydrogen-bond donors (Lipinski definition) is 0. The van der Waals surface area contributed by atoms with E-state index in [4.69, 9.17) is 11.6 Å². The number of nitrogens with zero attached hydrogens (tertiary/aromatic N) is 1. The molecule has 0 amide bonds. The Morgan fingerprint density at radius 2 is 1.85 bits per heavy atom. The Bertz CT molecular complexity index is 631. The fourth-order valence-electron chi connectivity index (χ4n) is 1.54. The van der Waals surface area contributed by atoms with Gasteiger partial charge in [-0.25, -0.2) is 4.98 Å². The van der Waals surface area contributed by atoms with Crippen LogP contribution in [0.15, 0.2) is 47.6 Å². The first-order chi connectivity index (χ1) is 9.38. The summed E-state index contributed by atoms with van der Waals surface area (Å²) in [6, 6.07) is 9.68. The van der Waals surface area contributed by atoms with Gasteiger partial charge in [0.05, 0.1) is 27.1 Å². The van der Waals surface area contributed by atoms with Crippen LogP contribution in [0.3, 0.4) is 0 Å². The molecule has 0 aliphatic carbocycles. The Balaban J connectivity index is 2.23. The van der Waals surface area contributed by atoms with Gasteiger partial charge in [0.1, 0.15) is 5.03 Å². The maximum atomic E-state index is 12.5. The molecule has 2 rings (SSSR count). The van der Waals surface area contributed by atoms with Gasteiger partial charge in [-0.15, -0.1) is 0 Å². The molecule has 1 aromatic carbocycles. The second-order valence-electron chi connectivity index (χ2n) is 3.98. The molecule has 0 spiro atoms. The SMILES string of the molecule is O=S(Cc1ccccc1)c1ncc(C(F)(F)F)cc1Cl. The molecule has 0 aliphatic rings. The van der Waals surface area contributed by atoms with E-state index >= 15 is 0 Å². The molecule has 0 bridgehead atoms. The number of alkyl halides is 3. The minimum absolute atomic E-state index is 0.0384. The second kappa shape index (κ2) is 5.93. The first-order valence-electron chi connectivity index (χ1n) is 5.53. The highest BCUT2D eigenvalue weighted by Gasteiger charge is 2.32. The fraction of sp³-hybridized carbons (Fsp3) is 0.154. The smallest absolute Gasteiger partial charge is 0.252 e. The van der Waals surface area contributed by atoms with Crippen LogP contribution in [0.5, 0.6) is 0 Å². The number of hydrogen-bond acceptors (Lipinski definition) is 2. The van der Waals surface area contributed by atoms with Gasteiger partial charge in [-0.2, -0.15) is 13.2 Å². The predicted molar refractivity (Wildman–Crippen MR) is 70.8 cm³/mol. The van der Waals surface area contributed by atoms with Crippen LogP contribution < -0.4 is 0 Å². The summed E-state index contributed by atoms with van der Waals surface area (Å²) in [5.41, 5.74) is -0.161. The molecule has 0 saturated heterocycles. The van der Waals surface area contributed by atoms with E-state index in [1.807, 2.05) is 6.07 Å². The fourth-order valence-corrected chi connectivity index (χ4v) is 3.05. The van der Waals surface area contributed by atoms with Gasteiger partial charge >= 0.3 is 6.18 Å². The zero-order valence-electron chi connectivity index (χ0n) is 10.0. The number of pyridine rings is 1. The number of aromatic nitrogens is 1. The lowest BCUT2D eigenvalue weighted by Gasteiger charge is -2.09. The van der Waals surface area contributed by atoms with Gasteiger partial charge in [-0.1, -0.05) is 41.9 Å². The zero-order valence-corrected chi connectivity index (χ0v) is 11.6. The van der Waals surface area contributed by atoms with Gasteiger partial charge in [0.15, 0.2) is 0 Å². The van der Waals surface area contributed by atoms with Crippen molar-refractivity contribution < 1.29 is 17.4 Å². The molecule has 1 heterocycles. The van der Waals surface area contributed by atoms with Crippen molar-refractivity contribution in [3.05, 3.63) is 58.7 Å². The lowest BCUT2D eigenvalue weighted by Crippen LogP contribution is -2.08. The van der Waals surface area contributed by atoms with E-state index in [1.54, 1.807) is 24.3 Å². The molecule has 1 aromatic heterocycles. The molecule has 0 saturated carbocycles. The quantitative estimate of drug-likeness (QED) is 0.854. The third kappa shape index (κ3) is 3.58. The Hall–Kier alpha value is -1.40. The van der Waals surface area contributed by atoms with E-state index in [0.29, 0.717) is 6.20 Å². The van der Waals surface area contributed by atoms with Crippen molar-refractivity contribution in [1.82, 2.24) is 4.98 Å². The van der Waals surface area contributed by atoms with Crippen LogP contribution in [0, 0.1) is 0 Å². The highest BCUT2D eigenvalue weighted by Crippen LogP contribution is 2.32. The van der Waals surface area contributed by atoms with Gasteiger partial charge in [-0.05, 0) is 11.6 Å². The third-order valence-corrected chi connectivity index (χ3v) is 4.24. The van der Waals surface area contributed by atoms with Crippen LogP contribution in [0.2, 0.25) is 5.02 Å². The van der Waals surface area contributed by atoms with Crippen LogP contribution in [-0.2, 0) is 22.7 Å². The highest BCUT2D eigenvalue weighted by molar-refractivity contribution is 7.84. The molecule has 1 atom stereocenters. The van der Waals surface area contributed by atoms with Gasteiger partial charge in [0.2, 0.25) is 0 Å². The Morgan fingerprint density at radius 3 is 2.40 bits per heavy atom. The topological polar surface area (TPSA) is 30.0 Å². The molecule has 0 radical (unpaired) electrons. The summed E-state index contributed by atoms with van der Waals surface area (Å²) in [5, 5.41) is -0.280. The molecule has 0 aliphatic heterocycles. The molecular formula is C13H9ClF3NOS. The monoisotopic (exact) mass is 319 g/mol. The van der Waals surface area contributed by atoms with E-state index < -0.39 is 22.5 Å². The van der Waals surface area contributed by atoms with Gasteiger partial charge in [0, 0.05) is 6.20 Å². The highest BCUT2D eigenvalue weighted by atomic mass is 35.5. The molecule has 0 fully saturated rings.